The summed E-state index contributed by atoms with van der Waals surface area (Å²) in [4.78, 5) is 29.4. The minimum atomic E-state index is -0.404. The van der Waals surface area contributed by atoms with Crippen LogP contribution in [0.1, 0.15) is 5.69 Å². The second-order valence-corrected chi connectivity index (χ2v) is 5.94. The Hall–Kier alpha value is -3.29. The van der Waals surface area contributed by atoms with Crippen molar-refractivity contribution in [3.05, 3.63) is 57.0 Å². The van der Waals surface area contributed by atoms with Gasteiger partial charge in [-0.25, -0.2) is 4.79 Å². The molecule has 0 aliphatic rings. The van der Waals surface area contributed by atoms with Crippen molar-refractivity contribution < 1.29 is 4.74 Å². The predicted octanol–water partition coefficient (Wildman–Crippen LogP) is 0.993. The Balaban J connectivity index is 2.21. The molecule has 0 amide bonds. The average Bonchev–Trinajstić information content (AvgIpc) is 3.12. The molecule has 8 heteroatoms. The van der Waals surface area contributed by atoms with E-state index in [1.165, 1.54) is 11.6 Å². The lowest BCUT2D eigenvalue weighted by Gasteiger charge is -2.10. The van der Waals surface area contributed by atoms with Crippen LogP contribution in [0.2, 0.25) is 0 Å². The molecule has 0 radical (unpaired) electrons. The Morgan fingerprint density at radius 3 is 2.52 bits per heavy atom. The molecule has 0 aliphatic carbocycles. The standard InChI is InChI=1S/C17H17N5O3/c1-10-9-21-13-14(19(2)17(24)20(3)15(13)23)18-16(21)22(10)11-7-5-6-8-12(11)25-4/h5-9H,1-4H3. The van der Waals surface area contributed by atoms with E-state index in [-0.39, 0.29) is 5.56 Å². The minimum absolute atomic E-state index is 0.353. The van der Waals surface area contributed by atoms with Crippen LogP contribution in [-0.2, 0) is 14.1 Å². The number of ether oxygens (including phenoxy) is 1. The van der Waals surface area contributed by atoms with Crippen molar-refractivity contribution in [2.24, 2.45) is 14.1 Å². The van der Waals surface area contributed by atoms with Gasteiger partial charge in [0.2, 0.25) is 5.78 Å². The first kappa shape index (κ1) is 15.3. The average molecular weight is 339 g/mol. The lowest BCUT2D eigenvalue weighted by Crippen LogP contribution is -2.37. The molecule has 0 N–H and O–H groups in total. The molecule has 25 heavy (non-hydrogen) atoms. The molecular formula is C17H17N5O3. The normalized spacial score (nSPS) is 11.5. The van der Waals surface area contributed by atoms with Crippen molar-refractivity contribution >= 4 is 16.9 Å². The van der Waals surface area contributed by atoms with Gasteiger partial charge in [-0.1, -0.05) is 12.1 Å². The van der Waals surface area contributed by atoms with Gasteiger partial charge >= 0.3 is 5.69 Å². The molecule has 0 aliphatic heterocycles. The van der Waals surface area contributed by atoms with E-state index >= 15 is 0 Å². The summed E-state index contributed by atoms with van der Waals surface area (Å²) in [5.41, 5.74) is 1.66. The molecule has 4 aromatic rings. The number of nitrogens with zero attached hydrogens (tertiary/aromatic N) is 5. The molecule has 1 aromatic carbocycles. The molecule has 0 saturated carbocycles. The Morgan fingerprint density at radius 1 is 1.08 bits per heavy atom. The summed E-state index contributed by atoms with van der Waals surface area (Å²) in [7, 11) is 4.68. The monoisotopic (exact) mass is 339 g/mol. The Kier molecular flexibility index (Phi) is 3.11. The first-order valence-electron chi connectivity index (χ1n) is 7.75. The summed E-state index contributed by atoms with van der Waals surface area (Å²) in [6, 6.07) is 7.58. The fourth-order valence-electron chi connectivity index (χ4n) is 3.20. The van der Waals surface area contributed by atoms with Crippen LogP contribution in [0.3, 0.4) is 0 Å². The van der Waals surface area contributed by atoms with E-state index in [9.17, 15) is 9.59 Å². The molecule has 0 saturated heterocycles. The maximum Gasteiger partial charge on any atom is 0.332 e. The molecule has 128 valence electrons. The van der Waals surface area contributed by atoms with E-state index in [1.54, 1.807) is 18.6 Å². The number of methoxy groups -OCH3 is 1. The number of rotatable bonds is 2. The molecule has 0 unspecified atom stereocenters. The quantitative estimate of drug-likeness (QED) is 0.546. The van der Waals surface area contributed by atoms with Crippen LogP contribution < -0.4 is 16.0 Å². The SMILES string of the molecule is COc1ccccc1-n1c(C)cn2c3c(=O)n(C)c(=O)n(C)c3nc12. The van der Waals surface area contributed by atoms with E-state index in [0.29, 0.717) is 22.7 Å². The van der Waals surface area contributed by atoms with Crippen LogP contribution >= 0.6 is 0 Å². The minimum Gasteiger partial charge on any atom is -0.495 e. The molecule has 0 atom stereocenters. The molecule has 0 bridgehead atoms. The first-order valence-corrected chi connectivity index (χ1v) is 7.75. The Bertz CT molecular complexity index is 1260. The molecule has 3 aromatic heterocycles. The van der Waals surface area contributed by atoms with Gasteiger partial charge in [-0.15, -0.1) is 0 Å². The summed E-state index contributed by atoms with van der Waals surface area (Å²) >= 11 is 0. The molecule has 8 nitrogen and oxygen atoms in total. The van der Waals surface area contributed by atoms with E-state index in [2.05, 4.69) is 4.98 Å². The van der Waals surface area contributed by atoms with Gasteiger partial charge in [0.1, 0.15) is 5.75 Å². The van der Waals surface area contributed by atoms with Crippen molar-refractivity contribution in [2.75, 3.05) is 7.11 Å². The predicted molar refractivity (Wildman–Crippen MR) is 93.8 cm³/mol. The molecule has 3 heterocycles. The maximum absolute atomic E-state index is 12.6. The summed E-state index contributed by atoms with van der Waals surface area (Å²) in [6.45, 7) is 1.93. The van der Waals surface area contributed by atoms with E-state index < -0.39 is 5.69 Å². The first-order chi connectivity index (χ1) is 12.0. The Labute approximate surface area is 142 Å². The number of para-hydroxylation sites is 2. The van der Waals surface area contributed by atoms with Crippen molar-refractivity contribution in [1.29, 1.82) is 0 Å². The number of benzene rings is 1. The van der Waals surface area contributed by atoms with Gasteiger partial charge in [0.25, 0.3) is 5.56 Å². The number of aromatic nitrogens is 5. The molecular weight excluding hydrogens is 322 g/mol. The van der Waals surface area contributed by atoms with E-state index in [0.717, 1.165) is 15.9 Å². The molecule has 0 fully saturated rings. The van der Waals surface area contributed by atoms with Gasteiger partial charge in [0, 0.05) is 26.0 Å². The molecule has 0 spiro atoms. The topological polar surface area (TPSA) is 75.5 Å². The van der Waals surface area contributed by atoms with Crippen molar-refractivity contribution in [3.8, 4) is 11.4 Å². The van der Waals surface area contributed by atoms with Crippen molar-refractivity contribution in [1.82, 2.24) is 23.1 Å². The fraction of sp³-hybridized carbons (Fsp3) is 0.235. The summed E-state index contributed by atoms with van der Waals surface area (Å²) in [5.74, 6) is 1.24. The highest BCUT2D eigenvalue weighted by atomic mass is 16.5. The third-order valence-corrected chi connectivity index (χ3v) is 4.47. The van der Waals surface area contributed by atoms with Gasteiger partial charge < -0.3 is 4.74 Å². The summed E-state index contributed by atoms with van der Waals surface area (Å²) < 4.78 is 11.6. The lowest BCUT2D eigenvalue weighted by molar-refractivity contribution is 0.413. The van der Waals surface area contributed by atoms with Gasteiger partial charge in [-0.2, -0.15) is 4.98 Å². The zero-order chi connectivity index (χ0) is 17.9. The third kappa shape index (κ3) is 1.90. The highest BCUT2D eigenvalue weighted by Crippen LogP contribution is 2.27. The number of fused-ring (bicyclic) bond motifs is 3. The Morgan fingerprint density at radius 2 is 1.80 bits per heavy atom. The van der Waals surface area contributed by atoms with E-state index in [1.807, 2.05) is 42.0 Å². The zero-order valence-corrected chi connectivity index (χ0v) is 14.3. The highest BCUT2D eigenvalue weighted by molar-refractivity contribution is 5.76. The van der Waals surface area contributed by atoms with Crippen molar-refractivity contribution in [3.63, 3.8) is 0 Å². The smallest absolute Gasteiger partial charge is 0.332 e. The van der Waals surface area contributed by atoms with Crippen LogP contribution in [0.15, 0.2) is 40.1 Å². The zero-order valence-electron chi connectivity index (χ0n) is 14.3. The van der Waals surface area contributed by atoms with Gasteiger partial charge in [0.05, 0.1) is 12.8 Å². The van der Waals surface area contributed by atoms with Gasteiger partial charge in [0.15, 0.2) is 11.2 Å². The summed E-state index contributed by atoms with van der Waals surface area (Å²) in [5, 5.41) is 0. The van der Waals surface area contributed by atoms with Crippen LogP contribution in [0.5, 0.6) is 5.75 Å². The fourth-order valence-corrected chi connectivity index (χ4v) is 3.20. The number of imidazole rings is 2. The highest BCUT2D eigenvalue weighted by Gasteiger charge is 2.20. The van der Waals surface area contributed by atoms with Crippen LogP contribution in [-0.4, -0.2) is 30.2 Å². The van der Waals surface area contributed by atoms with Crippen LogP contribution in [0, 0.1) is 6.92 Å². The maximum atomic E-state index is 12.6. The van der Waals surface area contributed by atoms with Crippen LogP contribution in [0.25, 0.3) is 22.6 Å². The van der Waals surface area contributed by atoms with Gasteiger partial charge in [-0.05, 0) is 19.1 Å². The number of hydrogen-bond acceptors (Lipinski definition) is 4. The number of aryl methyl sites for hydroxylation is 2. The second kappa shape index (κ2) is 5.10. The van der Waals surface area contributed by atoms with E-state index in [4.69, 9.17) is 4.74 Å². The van der Waals surface area contributed by atoms with Crippen molar-refractivity contribution in [2.45, 2.75) is 6.92 Å². The number of hydrogen-bond donors (Lipinski definition) is 0. The lowest BCUT2D eigenvalue weighted by atomic mass is 10.3. The van der Waals surface area contributed by atoms with Gasteiger partial charge in [-0.3, -0.25) is 22.9 Å². The largest absolute Gasteiger partial charge is 0.495 e. The van der Waals surface area contributed by atoms with Crippen LogP contribution in [0.4, 0.5) is 0 Å². The summed E-state index contributed by atoms with van der Waals surface area (Å²) in [6.07, 6.45) is 1.84. The second-order valence-electron chi connectivity index (χ2n) is 5.94. The third-order valence-electron chi connectivity index (χ3n) is 4.47. The molecule has 4 rings (SSSR count).